The van der Waals surface area contributed by atoms with Gasteiger partial charge in [-0.3, -0.25) is 0 Å². The highest BCUT2D eigenvalue weighted by Crippen LogP contribution is 2.32. The summed E-state index contributed by atoms with van der Waals surface area (Å²) < 4.78 is 10.0. The second-order valence-electron chi connectivity index (χ2n) is 5.96. The van der Waals surface area contributed by atoms with E-state index in [1.165, 1.54) is 12.1 Å². The number of esters is 1. The lowest BCUT2D eigenvalue weighted by Gasteiger charge is -2.26. The Kier molecular flexibility index (Phi) is 7.32. The van der Waals surface area contributed by atoms with Gasteiger partial charge in [0.25, 0.3) is 0 Å². The SMILES string of the molecule is CCOC(=O)[C@H](NC(=O)OC(C)(C)C)[C@H](O)c1c(Cl)cccc1Cl. The summed E-state index contributed by atoms with van der Waals surface area (Å²) in [7, 11) is 0. The summed E-state index contributed by atoms with van der Waals surface area (Å²) in [4.78, 5) is 24.1. The smallest absolute Gasteiger partial charge is 0.408 e. The van der Waals surface area contributed by atoms with Gasteiger partial charge in [0.05, 0.1) is 6.61 Å². The minimum atomic E-state index is -1.50. The number of ether oxygens (including phenoxy) is 2. The van der Waals surface area contributed by atoms with Gasteiger partial charge in [0.1, 0.15) is 11.7 Å². The Morgan fingerprint density at radius 1 is 1.25 bits per heavy atom. The lowest BCUT2D eigenvalue weighted by Crippen LogP contribution is -2.47. The molecule has 0 radical (unpaired) electrons. The Morgan fingerprint density at radius 3 is 2.25 bits per heavy atom. The highest BCUT2D eigenvalue weighted by Gasteiger charge is 2.34. The molecule has 0 unspecified atom stereocenters. The molecule has 2 atom stereocenters. The predicted molar refractivity (Wildman–Crippen MR) is 91.2 cm³/mol. The van der Waals surface area contributed by atoms with Gasteiger partial charge >= 0.3 is 12.1 Å². The van der Waals surface area contributed by atoms with Gasteiger partial charge in [-0.15, -0.1) is 0 Å². The van der Waals surface area contributed by atoms with Gasteiger partial charge in [0.15, 0.2) is 6.04 Å². The fraction of sp³-hybridized carbons (Fsp3) is 0.500. The molecule has 1 rings (SSSR count). The molecule has 134 valence electrons. The Morgan fingerprint density at radius 2 is 1.79 bits per heavy atom. The van der Waals surface area contributed by atoms with Crippen LogP contribution >= 0.6 is 23.2 Å². The predicted octanol–water partition coefficient (Wildman–Crippen LogP) is 3.48. The average molecular weight is 378 g/mol. The number of aliphatic hydroxyl groups is 1. The zero-order valence-electron chi connectivity index (χ0n) is 13.9. The van der Waals surface area contributed by atoms with Crippen molar-refractivity contribution in [3.63, 3.8) is 0 Å². The second kappa shape index (κ2) is 8.55. The number of nitrogens with one attached hydrogen (secondary N) is 1. The molecule has 2 N–H and O–H groups in total. The first kappa shape index (κ1) is 20.5. The summed E-state index contributed by atoms with van der Waals surface area (Å²) in [6, 6.07) is 3.21. The molecular weight excluding hydrogens is 357 g/mol. The Labute approximate surface area is 151 Å². The van der Waals surface area contributed by atoms with Crippen LogP contribution < -0.4 is 5.32 Å². The first-order valence-electron chi connectivity index (χ1n) is 7.35. The molecule has 1 aromatic rings. The summed E-state index contributed by atoms with van der Waals surface area (Å²) in [5.41, 5.74) is -0.647. The summed E-state index contributed by atoms with van der Waals surface area (Å²) in [6.07, 6.45) is -2.37. The van der Waals surface area contributed by atoms with Crippen molar-refractivity contribution < 1.29 is 24.2 Å². The van der Waals surface area contributed by atoms with E-state index in [0.717, 1.165) is 0 Å². The average Bonchev–Trinajstić information content (AvgIpc) is 2.42. The third kappa shape index (κ3) is 5.85. The maximum Gasteiger partial charge on any atom is 0.408 e. The number of alkyl carbamates (subject to hydrolysis) is 1. The van der Waals surface area contributed by atoms with Crippen molar-refractivity contribution in [3.8, 4) is 0 Å². The highest BCUT2D eigenvalue weighted by molar-refractivity contribution is 6.36. The first-order valence-corrected chi connectivity index (χ1v) is 8.10. The molecule has 0 aliphatic heterocycles. The van der Waals surface area contributed by atoms with Crippen LogP contribution in [0.1, 0.15) is 39.4 Å². The molecule has 0 spiro atoms. The van der Waals surface area contributed by atoms with Crippen LogP contribution in [0.25, 0.3) is 0 Å². The number of halogens is 2. The van der Waals surface area contributed by atoms with E-state index in [1.54, 1.807) is 33.8 Å². The van der Waals surface area contributed by atoms with E-state index in [4.69, 9.17) is 32.7 Å². The van der Waals surface area contributed by atoms with E-state index in [1.807, 2.05) is 0 Å². The molecule has 1 aromatic carbocycles. The normalized spacial score (nSPS) is 13.8. The molecular formula is C16H21Cl2NO5. The monoisotopic (exact) mass is 377 g/mol. The zero-order chi connectivity index (χ0) is 18.5. The second-order valence-corrected chi connectivity index (χ2v) is 6.77. The van der Waals surface area contributed by atoms with Crippen LogP contribution in [0.15, 0.2) is 18.2 Å². The van der Waals surface area contributed by atoms with Gasteiger partial charge in [0, 0.05) is 15.6 Å². The van der Waals surface area contributed by atoms with Crippen LogP contribution in [0.2, 0.25) is 10.0 Å². The molecule has 0 bridgehead atoms. The van der Waals surface area contributed by atoms with E-state index < -0.39 is 29.8 Å². The first-order chi connectivity index (χ1) is 11.1. The van der Waals surface area contributed by atoms with Gasteiger partial charge < -0.3 is 19.9 Å². The number of benzene rings is 1. The number of carbonyl (C=O) groups is 2. The number of hydrogen-bond donors (Lipinski definition) is 2. The Hall–Kier alpha value is -1.50. The summed E-state index contributed by atoms with van der Waals surface area (Å²) >= 11 is 12.1. The van der Waals surface area contributed by atoms with Gasteiger partial charge in [-0.2, -0.15) is 0 Å². The van der Waals surface area contributed by atoms with E-state index >= 15 is 0 Å². The van der Waals surface area contributed by atoms with E-state index in [2.05, 4.69) is 5.32 Å². The summed E-state index contributed by atoms with van der Waals surface area (Å²) in [5, 5.41) is 13.2. The molecule has 8 heteroatoms. The largest absolute Gasteiger partial charge is 0.464 e. The number of amides is 1. The van der Waals surface area contributed by atoms with E-state index in [9.17, 15) is 14.7 Å². The third-order valence-corrected chi connectivity index (χ3v) is 3.48. The van der Waals surface area contributed by atoms with Crippen molar-refractivity contribution in [2.24, 2.45) is 0 Å². The fourth-order valence-corrected chi connectivity index (χ4v) is 2.51. The lowest BCUT2D eigenvalue weighted by molar-refractivity contribution is -0.148. The van der Waals surface area contributed by atoms with Crippen LogP contribution in [0, 0.1) is 0 Å². The van der Waals surface area contributed by atoms with Crippen molar-refractivity contribution in [2.75, 3.05) is 6.61 Å². The van der Waals surface area contributed by atoms with Crippen molar-refractivity contribution in [1.82, 2.24) is 5.32 Å². The number of rotatable bonds is 5. The number of aliphatic hydroxyl groups excluding tert-OH is 1. The minimum Gasteiger partial charge on any atom is -0.464 e. The molecule has 6 nitrogen and oxygen atoms in total. The fourth-order valence-electron chi connectivity index (χ4n) is 1.89. The maximum absolute atomic E-state index is 12.1. The van der Waals surface area contributed by atoms with Gasteiger partial charge in [0.2, 0.25) is 0 Å². The molecule has 1 amide bonds. The van der Waals surface area contributed by atoms with Crippen molar-refractivity contribution in [3.05, 3.63) is 33.8 Å². The molecule has 0 aromatic heterocycles. The van der Waals surface area contributed by atoms with Gasteiger partial charge in [-0.25, -0.2) is 9.59 Å². The molecule has 24 heavy (non-hydrogen) atoms. The number of carbonyl (C=O) groups excluding carboxylic acids is 2. The summed E-state index contributed by atoms with van der Waals surface area (Å²) in [5.74, 6) is -0.827. The molecule has 0 aliphatic carbocycles. The van der Waals surface area contributed by atoms with Crippen molar-refractivity contribution in [2.45, 2.75) is 45.4 Å². The van der Waals surface area contributed by atoms with Crippen molar-refractivity contribution >= 4 is 35.3 Å². The summed E-state index contributed by atoms with van der Waals surface area (Å²) in [6.45, 7) is 6.71. The Bertz CT molecular complexity index is 580. The van der Waals surface area contributed by atoms with Crippen LogP contribution in [-0.2, 0) is 14.3 Å². The minimum absolute atomic E-state index is 0.0777. The lowest BCUT2D eigenvalue weighted by atomic mass is 10.0. The molecule has 0 heterocycles. The van der Waals surface area contributed by atoms with Crippen LogP contribution in [0.4, 0.5) is 4.79 Å². The highest BCUT2D eigenvalue weighted by atomic mass is 35.5. The van der Waals surface area contributed by atoms with Gasteiger partial charge in [-0.05, 0) is 39.8 Å². The molecule has 0 saturated carbocycles. The Balaban J connectivity index is 3.09. The standard InChI is InChI=1S/C16H21Cl2NO5/c1-5-23-14(21)12(19-15(22)24-16(2,3)4)13(20)11-9(17)7-6-8-10(11)18/h6-8,12-13,20H,5H2,1-4H3,(H,19,22)/t12-,13-/m1/s1. The van der Waals surface area contributed by atoms with E-state index in [-0.39, 0.29) is 22.2 Å². The van der Waals surface area contributed by atoms with Crippen LogP contribution in [0.3, 0.4) is 0 Å². The van der Waals surface area contributed by atoms with Crippen LogP contribution in [0.5, 0.6) is 0 Å². The van der Waals surface area contributed by atoms with E-state index in [0.29, 0.717) is 0 Å². The topological polar surface area (TPSA) is 84.9 Å². The maximum atomic E-state index is 12.1. The van der Waals surface area contributed by atoms with Gasteiger partial charge in [-0.1, -0.05) is 29.3 Å². The third-order valence-electron chi connectivity index (χ3n) is 2.82. The molecule has 0 fully saturated rings. The number of hydrogen-bond acceptors (Lipinski definition) is 5. The quantitative estimate of drug-likeness (QED) is 0.767. The molecule has 0 saturated heterocycles. The van der Waals surface area contributed by atoms with Crippen molar-refractivity contribution in [1.29, 1.82) is 0 Å². The zero-order valence-corrected chi connectivity index (χ0v) is 15.4. The van der Waals surface area contributed by atoms with Crippen LogP contribution in [-0.4, -0.2) is 35.4 Å². The molecule has 0 aliphatic rings.